The second-order valence-electron chi connectivity index (χ2n) is 6.59. The maximum absolute atomic E-state index is 12.6. The number of esters is 1. The number of aromatic nitrogens is 2. The molecule has 29 heavy (non-hydrogen) atoms. The van der Waals surface area contributed by atoms with Crippen LogP contribution in [0.3, 0.4) is 0 Å². The fourth-order valence-corrected chi connectivity index (χ4v) is 3.08. The highest BCUT2D eigenvalue weighted by Crippen LogP contribution is 2.18. The summed E-state index contributed by atoms with van der Waals surface area (Å²) in [6, 6.07) is 27.2. The van der Waals surface area contributed by atoms with Crippen LogP contribution in [0.5, 0.6) is 0 Å². The Hall–Kier alpha value is -3.73. The molecule has 4 aromatic rings. The minimum Gasteiger partial charge on any atom is -0.452 e. The predicted molar refractivity (Wildman–Crippen MR) is 109 cm³/mol. The Morgan fingerprint density at radius 3 is 2.28 bits per heavy atom. The molecule has 0 aliphatic rings. The highest BCUT2D eigenvalue weighted by Gasteiger charge is 2.15. The fourth-order valence-electron chi connectivity index (χ4n) is 3.08. The SMILES string of the molecule is O=C(OCc1nnc(-c2ccccc2)o1)c1ccccc1CCc1ccccc1. The van der Waals surface area contributed by atoms with Crippen LogP contribution in [-0.4, -0.2) is 16.2 Å². The van der Waals surface area contributed by atoms with Crippen molar-refractivity contribution in [3.05, 3.63) is 108 Å². The van der Waals surface area contributed by atoms with Gasteiger partial charge >= 0.3 is 5.97 Å². The molecule has 0 unspecified atom stereocenters. The van der Waals surface area contributed by atoms with Gasteiger partial charge in [-0.3, -0.25) is 0 Å². The third kappa shape index (κ3) is 4.76. The monoisotopic (exact) mass is 384 g/mol. The molecule has 144 valence electrons. The number of carbonyl (C=O) groups is 1. The minimum absolute atomic E-state index is 0.0638. The zero-order chi connectivity index (χ0) is 19.9. The van der Waals surface area contributed by atoms with E-state index in [1.165, 1.54) is 5.56 Å². The van der Waals surface area contributed by atoms with Gasteiger partial charge < -0.3 is 9.15 Å². The second kappa shape index (κ2) is 8.97. The molecule has 0 spiro atoms. The normalized spacial score (nSPS) is 10.6. The number of benzene rings is 3. The van der Waals surface area contributed by atoms with Gasteiger partial charge in [0.1, 0.15) is 0 Å². The molecule has 1 heterocycles. The zero-order valence-electron chi connectivity index (χ0n) is 15.8. The highest BCUT2D eigenvalue weighted by atomic mass is 16.5. The molecule has 5 nitrogen and oxygen atoms in total. The highest BCUT2D eigenvalue weighted by molar-refractivity contribution is 5.91. The lowest BCUT2D eigenvalue weighted by atomic mass is 10.00. The first-order chi connectivity index (χ1) is 14.3. The molecule has 0 fully saturated rings. The lowest BCUT2D eigenvalue weighted by Crippen LogP contribution is -2.09. The van der Waals surface area contributed by atoms with E-state index in [-0.39, 0.29) is 12.5 Å². The van der Waals surface area contributed by atoms with Crippen LogP contribution in [0.15, 0.2) is 89.3 Å². The first kappa shape index (κ1) is 18.6. The molecule has 0 saturated heterocycles. The number of ether oxygens (including phenoxy) is 1. The molecule has 0 radical (unpaired) electrons. The van der Waals surface area contributed by atoms with Crippen molar-refractivity contribution >= 4 is 5.97 Å². The van der Waals surface area contributed by atoms with E-state index in [4.69, 9.17) is 9.15 Å². The van der Waals surface area contributed by atoms with Crippen LogP contribution in [0.2, 0.25) is 0 Å². The van der Waals surface area contributed by atoms with E-state index in [1.807, 2.05) is 66.7 Å². The largest absolute Gasteiger partial charge is 0.452 e. The Kier molecular flexibility index (Phi) is 5.76. The maximum Gasteiger partial charge on any atom is 0.338 e. The molecule has 0 N–H and O–H groups in total. The van der Waals surface area contributed by atoms with Crippen molar-refractivity contribution in [2.75, 3.05) is 0 Å². The van der Waals surface area contributed by atoms with Crippen LogP contribution < -0.4 is 0 Å². The zero-order valence-corrected chi connectivity index (χ0v) is 15.8. The van der Waals surface area contributed by atoms with E-state index in [2.05, 4.69) is 22.3 Å². The molecule has 1 aromatic heterocycles. The third-order valence-electron chi connectivity index (χ3n) is 4.58. The van der Waals surface area contributed by atoms with E-state index in [9.17, 15) is 4.79 Å². The average Bonchev–Trinajstić information content (AvgIpc) is 3.27. The summed E-state index contributed by atoms with van der Waals surface area (Å²) in [5.41, 5.74) is 3.57. The lowest BCUT2D eigenvalue weighted by Gasteiger charge is -2.09. The molecule has 5 heteroatoms. The number of hydrogen-bond donors (Lipinski definition) is 0. The first-order valence-electron chi connectivity index (χ1n) is 9.46. The first-order valence-corrected chi connectivity index (χ1v) is 9.46. The number of aryl methyl sites for hydroxylation is 2. The van der Waals surface area contributed by atoms with Crippen molar-refractivity contribution < 1.29 is 13.9 Å². The molecule has 3 aromatic carbocycles. The van der Waals surface area contributed by atoms with Crippen molar-refractivity contribution in [2.24, 2.45) is 0 Å². The summed E-state index contributed by atoms with van der Waals surface area (Å²) in [7, 11) is 0. The summed E-state index contributed by atoms with van der Waals surface area (Å²) >= 11 is 0. The van der Waals surface area contributed by atoms with Crippen molar-refractivity contribution in [1.82, 2.24) is 10.2 Å². The Labute approximate surface area is 169 Å². The Balaban J connectivity index is 1.39. The quantitative estimate of drug-likeness (QED) is 0.425. The van der Waals surface area contributed by atoms with Gasteiger partial charge in [-0.25, -0.2) is 4.79 Å². The van der Waals surface area contributed by atoms with E-state index >= 15 is 0 Å². The molecule has 0 saturated carbocycles. The van der Waals surface area contributed by atoms with Gasteiger partial charge in [0.05, 0.1) is 5.56 Å². The molecule has 0 aliphatic heterocycles. The van der Waals surface area contributed by atoms with Gasteiger partial charge in [0.2, 0.25) is 5.89 Å². The fraction of sp³-hybridized carbons (Fsp3) is 0.125. The average molecular weight is 384 g/mol. The summed E-state index contributed by atoms with van der Waals surface area (Å²) in [6.45, 7) is -0.0638. The summed E-state index contributed by atoms with van der Waals surface area (Å²) in [5, 5.41) is 7.97. The minimum atomic E-state index is -0.395. The van der Waals surface area contributed by atoms with Gasteiger partial charge in [-0.15, -0.1) is 10.2 Å². The van der Waals surface area contributed by atoms with Crippen LogP contribution in [-0.2, 0) is 24.2 Å². The van der Waals surface area contributed by atoms with Crippen LogP contribution in [0.25, 0.3) is 11.5 Å². The van der Waals surface area contributed by atoms with Crippen molar-refractivity contribution in [3.63, 3.8) is 0 Å². The van der Waals surface area contributed by atoms with E-state index in [0.29, 0.717) is 11.5 Å². The Bertz CT molecular complexity index is 1080. The molecular formula is C24H20N2O3. The third-order valence-corrected chi connectivity index (χ3v) is 4.58. The van der Waals surface area contributed by atoms with E-state index in [1.54, 1.807) is 6.07 Å². The van der Waals surface area contributed by atoms with Crippen LogP contribution in [0, 0.1) is 0 Å². The molecule has 4 rings (SSSR count). The summed E-state index contributed by atoms with van der Waals surface area (Å²) in [6.07, 6.45) is 1.61. The van der Waals surface area contributed by atoms with Crippen LogP contribution in [0.4, 0.5) is 0 Å². The van der Waals surface area contributed by atoms with Gasteiger partial charge in [-0.05, 0) is 42.2 Å². The molecule has 0 atom stereocenters. The van der Waals surface area contributed by atoms with Gasteiger partial charge in [0.15, 0.2) is 6.61 Å². The van der Waals surface area contributed by atoms with E-state index < -0.39 is 5.97 Å². The van der Waals surface area contributed by atoms with Gasteiger partial charge in [0.25, 0.3) is 5.89 Å². The van der Waals surface area contributed by atoms with Gasteiger partial charge in [0, 0.05) is 5.56 Å². The van der Waals surface area contributed by atoms with Crippen molar-refractivity contribution in [1.29, 1.82) is 0 Å². The van der Waals surface area contributed by atoms with Crippen molar-refractivity contribution in [3.8, 4) is 11.5 Å². The number of carbonyl (C=O) groups excluding carboxylic acids is 1. The smallest absolute Gasteiger partial charge is 0.338 e. The Morgan fingerprint density at radius 1 is 0.793 bits per heavy atom. The summed E-state index contributed by atoms with van der Waals surface area (Å²) < 4.78 is 11.0. The van der Waals surface area contributed by atoms with Crippen molar-refractivity contribution in [2.45, 2.75) is 19.4 Å². The molecule has 0 bridgehead atoms. The number of hydrogen-bond acceptors (Lipinski definition) is 5. The Morgan fingerprint density at radius 2 is 1.48 bits per heavy atom. The summed E-state index contributed by atoms with van der Waals surface area (Å²) in [4.78, 5) is 12.6. The van der Waals surface area contributed by atoms with Gasteiger partial charge in [-0.2, -0.15) is 0 Å². The standard InChI is InChI=1S/C24H20N2O3/c27-24(28-17-22-25-26-23(29-22)20-12-5-2-6-13-20)21-14-8-7-11-19(21)16-15-18-9-3-1-4-10-18/h1-14H,15-17H2. The van der Waals surface area contributed by atoms with Crippen LogP contribution in [0.1, 0.15) is 27.4 Å². The molecular weight excluding hydrogens is 364 g/mol. The lowest BCUT2D eigenvalue weighted by molar-refractivity contribution is 0.0437. The maximum atomic E-state index is 12.6. The summed E-state index contributed by atoms with van der Waals surface area (Å²) in [5.74, 6) is 0.270. The topological polar surface area (TPSA) is 65.2 Å². The van der Waals surface area contributed by atoms with Crippen LogP contribution >= 0.6 is 0 Å². The molecule has 0 aliphatic carbocycles. The number of nitrogens with zero attached hydrogens (tertiary/aromatic N) is 2. The van der Waals surface area contributed by atoms with E-state index in [0.717, 1.165) is 24.0 Å². The molecule has 0 amide bonds. The predicted octanol–water partition coefficient (Wildman–Crippen LogP) is 4.88. The van der Waals surface area contributed by atoms with Gasteiger partial charge in [-0.1, -0.05) is 66.7 Å². The second-order valence-corrected chi connectivity index (χ2v) is 6.59. The number of rotatable bonds is 7.